The van der Waals surface area contributed by atoms with Gasteiger partial charge in [-0.15, -0.1) is 0 Å². The molecule has 0 spiro atoms. The van der Waals surface area contributed by atoms with E-state index in [1.165, 1.54) is 64.2 Å². The summed E-state index contributed by atoms with van der Waals surface area (Å²) in [6.07, 6.45) is 13.4. The summed E-state index contributed by atoms with van der Waals surface area (Å²) in [5.74, 6) is 1.38. The Bertz CT molecular complexity index is 1110. The van der Waals surface area contributed by atoms with Crippen molar-refractivity contribution < 1.29 is 8.85 Å². The van der Waals surface area contributed by atoms with E-state index in [9.17, 15) is 0 Å². The predicted molar refractivity (Wildman–Crippen MR) is 206 cm³/mol. The zero-order valence-electron chi connectivity index (χ0n) is 34.2. The van der Waals surface area contributed by atoms with Crippen LogP contribution in [0, 0.1) is 33.5 Å². The minimum Gasteiger partial charge on any atom is -0.413 e. The van der Waals surface area contributed by atoms with Crippen LogP contribution in [-0.4, -0.2) is 28.8 Å². The van der Waals surface area contributed by atoms with Crippen molar-refractivity contribution in [3.8, 4) is 0 Å². The van der Waals surface area contributed by atoms with Gasteiger partial charge in [-0.3, -0.25) is 0 Å². The molecule has 266 valence electrons. The lowest BCUT2D eigenvalue weighted by Crippen LogP contribution is -2.57. The van der Waals surface area contributed by atoms with Crippen molar-refractivity contribution in [2.45, 2.75) is 210 Å². The van der Waals surface area contributed by atoms with Crippen LogP contribution in [0.25, 0.3) is 0 Å². The average molecular weight is 671 g/mol. The highest BCUT2D eigenvalue weighted by atomic mass is 28.4. The second-order valence-corrected chi connectivity index (χ2v) is 31.0. The van der Waals surface area contributed by atoms with Crippen LogP contribution >= 0.6 is 0 Å². The van der Waals surface area contributed by atoms with Crippen LogP contribution in [0.1, 0.15) is 161 Å². The monoisotopic (exact) mass is 671 g/mol. The third-order valence-corrected chi connectivity index (χ3v) is 25.0. The maximum Gasteiger partial charge on any atom is 0.192 e. The summed E-state index contributed by atoms with van der Waals surface area (Å²) in [4.78, 5) is 0. The second kappa shape index (κ2) is 12.3. The average Bonchev–Trinajstić information content (AvgIpc) is 2.87. The van der Waals surface area contributed by atoms with Crippen LogP contribution in [0.15, 0.2) is 22.3 Å². The van der Waals surface area contributed by atoms with Gasteiger partial charge in [0, 0.05) is 0 Å². The van der Waals surface area contributed by atoms with Crippen molar-refractivity contribution in [3.63, 3.8) is 0 Å². The van der Waals surface area contributed by atoms with Crippen molar-refractivity contribution in [2.75, 3.05) is 0 Å². The third kappa shape index (κ3) is 6.55. The molecule has 0 heterocycles. The lowest BCUT2D eigenvalue weighted by molar-refractivity contribution is -0.0851. The van der Waals surface area contributed by atoms with E-state index in [1.807, 2.05) is 11.1 Å². The smallest absolute Gasteiger partial charge is 0.192 e. The molecule has 46 heavy (non-hydrogen) atoms. The topological polar surface area (TPSA) is 18.5 Å². The molecule has 0 aromatic heterocycles. The maximum atomic E-state index is 7.24. The van der Waals surface area contributed by atoms with Gasteiger partial charge in [-0.25, -0.2) is 0 Å². The summed E-state index contributed by atoms with van der Waals surface area (Å²) in [5.41, 5.74) is 8.02. The standard InChI is InChI=1S/C42H78O2Si2/c1-29-19-23-33-39(9,10)35(43-45(15,16)37(3,4)5)25-27-41(33,13)31(29)21-22-32-30(2)20-24-34-40(11,12)36(26-28-42(32,34)14)44-46(17,18)38(6,7)8/h33-36H,19-28H2,1-18H3/t33-,34-,35-,36-,41+,42+/m0/s1. The molecule has 2 fully saturated rings. The summed E-state index contributed by atoms with van der Waals surface area (Å²) < 4.78 is 14.5. The van der Waals surface area contributed by atoms with Gasteiger partial charge in [0.05, 0.1) is 12.2 Å². The SMILES string of the molecule is CC1=C(CCC2=C(C)CC[C@H]3C(C)(C)[C@@H](O[Si](C)(C)C(C)(C)C)CC[C@]23C)[C@@]2(C)CC[C@H](O[Si](C)(C)C(C)(C)C)C(C)(C)[C@@H]2CC1. The second-order valence-electron chi connectivity index (χ2n) is 21.5. The van der Waals surface area contributed by atoms with Gasteiger partial charge in [0.25, 0.3) is 0 Å². The van der Waals surface area contributed by atoms with E-state index in [1.54, 1.807) is 11.1 Å². The molecule has 0 aromatic rings. The fourth-order valence-corrected chi connectivity index (χ4v) is 13.9. The molecular weight excluding hydrogens is 593 g/mol. The molecule has 2 saturated carbocycles. The number of allylic oxidation sites excluding steroid dienone is 4. The molecule has 0 unspecified atom stereocenters. The van der Waals surface area contributed by atoms with E-state index in [4.69, 9.17) is 8.85 Å². The highest BCUT2D eigenvalue weighted by molar-refractivity contribution is 6.74. The Labute approximate surface area is 290 Å². The first-order valence-corrected chi connectivity index (χ1v) is 25.2. The molecule has 4 rings (SSSR count). The Morgan fingerprint density at radius 2 is 0.870 bits per heavy atom. The van der Waals surface area contributed by atoms with Crippen molar-refractivity contribution >= 4 is 16.6 Å². The summed E-state index contributed by atoms with van der Waals surface area (Å²) in [6.45, 7) is 44.8. The van der Waals surface area contributed by atoms with Gasteiger partial charge in [-0.2, -0.15) is 0 Å². The summed E-state index contributed by atoms with van der Waals surface area (Å²) in [6, 6.07) is 0. The van der Waals surface area contributed by atoms with Gasteiger partial charge >= 0.3 is 0 Å². The number of fused-ring (bicyclic) bond motifs is 2. The maximum absolute atomic E-state index is 7.24. The number of hydrogen-bond acceptors (Lipinski definition) is 2. The van der Waals surface area contributed by atoms with Crippen molar-refractivity contribution in [3.05, 3.63) is 22.3 Å². The minimum absolute atomic E-state index is 0.193. The van der Waals surface area contributed by atoms with Gasteiger partial charge in [-0.05, 0) is 148 Å². The Morgan fingerprint density at radius 1 is 0.565 bits per heavy atom. The minimum atomic E-state index is -1.83. The Kier molecular flexibility index (Phi) is 10.3. The van der Waals surface area contributed by atoms with Gasteiger partial charge in [-0.1, -0.05) is 105 Å². The molecule has 4 aliphatic rings. The Balaban J connectivity index is 1.57. The van der Waals surface area contributed by atoms with Gasteiger partial charge in [0.1, 0.15) is 0 Å². The first-order chi connectivity index (χ1) is 20.6. The van der Waals surface area contributed by atoms with E-state index < -0.39 is 16.6 Å². The normalized spacial score (nSPS) is 35.6. The van der Waals surface area contributed by atoms with Crippen LogP contribution in [0.2, 0.25) is 36.3 Å². The van der Waals surface area contributed by atoms with Crippen LogP contribution in [0.3, 0.4) is 0 Å². The largest absolute Gasteiger partial charge is 0.413 e. The predicted octanol–water partition coefficient (Wildman–Crippen LogP) is 13.7. The summed E-state index contributed by atoms with van der Waals surface area (Å²) in [5, 5.41) is 0.504. The van der Waals surface area contributed by atoms with Crippen molar-refractivity contribution in [2.24, 2.45) is 33.5 Å². The summed E-state index contributed by atoms with van der Waals surface area (Å²) in [7, 11) is -3.66. The van der Waals surface area contributed by atoms with Gasteiger partial charge < -0.3 is 8.85 Å². The highest BCUT2D eigenvalue weighted by Gasteiger charge is 2.58. The number of rotatable bonds is 7. The fraction of sp³-hybridized carbons (Fsp3) is 0.905. The molecule has 0 bridgehead atoms. The van der Waals surface area contributed by atoms with E-state index >= 15 is 0 Å². The first-order valence-electron chi connectivity index (χ1n) is 19.4. The highest BCUT2D eigenvalue weighted by Crippen LogP contribution is 2.64. The van der Waals surface area contributed by atoms with Gasteiger partial charge in [0.2, 0.25) is 0 Å². The molecule has 6 atom stereocenters. The van der Waals surface area contributed by atoms with Crippen LogP contribution in [0.4, 0.5) is 0 Å². The van der Waals surface area contributed by atoms with Crippen molar-refractivity contribution in [1.82, 2.24) is 0 Å². The van der Waals surface area contributed by atoms with Crippen LogP contribution < -0.4 is 0 Å². The zero-order chi connectivity index (χ0) is 35.1. The van der Waals surface area contributed by atoms with Crippen LogP contribution in [0.5, 0.6) is 0 Å². The molecule has 0 aromatic carbocycles. The zero-order valence-corrected chi connectivity index (χ0v) is 36.2. The molecule has 0 amide bonds. The van der Waals surface area contributed by atoms with Crippen LogP contribution in [-0.2, 0) is 8.85 Å². The molecule has 4 heteroatoms. The lowest BCUT2D eigenvalue weighted by Gasteiger charge is -2.60. The molecule has 0 saturated heterocycles. The van der Waals surface area contributed by atoms with E-state index in [-0.39, 0.29) is 31.7 Å². The van der Waals surface area contributed by atoms with E-state index in [2.05, 4.69) is 123 Å². The third-order valence-electron chi connectivity index (χ3n) is 16.0. The number of hydrogen-bond donors (Lipinski definition) is 0. The van der Waals surface area contributed by atoms with Crippen molar-refractivity contribution in [1.29, 1.82) is 0 Å². The van der Waals surface area contributed by atoms with E-state index in [0.29, 0.717) is 24.0 Å². The first kappa shape index (κ1) is 38.6. The lowest BCUT2D eigenvalue weighted by atomic mass is 9.47. The van der Waals surface area contributed by atoms with Gasteiger partial charge in [0.15, 0.2) is 16.6 Å². The molecule has 0 N–H and O–H groups in total. The fourth-order valence-electron chi connectivity index (χ4n) is 10.9. The molecule has 2 nitrogen and oxygen atoms in total. The van der Waals surface area contributed by atoms with E-state index in [0.717, 1.165) is 0 Å². The Morgan fingerprint density at radius 3 is 1.15 bits per heavy atom. The molecule has 0 radical (unpaired) electrons. The Hall–Kier alpha value is -0.166. The quantitative estimate of drug-likeness (QED) is 0.198. The molecular formula is C42H78O2Si2. The summed E-state index contributed by atoms with van der Waals surface area (Å²) >= 11 is 0. The molecule has 0 aliphatic heterocycles. The molecule has 4 aliphatic carbocycles.